The lowest BCUT2D eigenvalue weighted by Gasteiger charge is -2.11. The molecule has 1 aliphatic heterocycles. The molecular formula is C15H18O3. The van der Waals surface area contributed by atoms with E-state index in [1.807, 2.05) is 12.1 Å². The van der Waals surface area contributed by atoms with Crippen LogP contribution in [0.2, 0.25) is 0 Å². The summed E-state index contributed by atoms with van der Waals surface area (Å²) in [6.07, 6.45) is 1.16. The Morgan fingerprint density at radius 3 is 2.44 bits per heavy atom. The fourth-order valence-electron chi connectivity index (χ4n) is 1.76. The molecule has 18 heavy (non-hydrogen) atoms. The molecule has 0 fully saturated rings. The summed E-state index contributed by atoms with van der Waals surface area (Å²) < 4.78 is 10.5. The third kappa shape index (κ3) is 2.99. The van der Waals surface area contributed by atoms with Crippen molar-refractivity contribution in [3.05, 3.63) is 47.0 Å². The van der Waals surface area contributed by atoms with Gasteiger partial charge in [0.15, 0.2) is 0 Å². The quantitative estimate of drug-likeness (QED) is 0.765. The molecule has 0 spiro atoms. The maximum Gasteiger partial charge on any atom is 0.336 e. The van der Waals surface area contributed by atoms with Crippen LogP contribution in [0.5, 0.6) is 0 Å². The van der Waals surface area contributed by atoms with Gasteiger partial charge in [0.05, 0.1) is 6.61 Å². The predicted molar refractivity (Wildman–Crippen MR) is 69.0 cm³/mol. The Morgan fingerprint density at radius 2 is 1.94 bits per heavy atom. The van der Waals surface area contributed by atoms with Gasteiger partial charge in [0.25, 0.3) is 0 Å². The molecule has 1 unspecified atom stereocenters. The number of rotatable bonds is 4. The van der Waals surface area contributed by atoms with Crippen molar-refractivity contribution in [2.75, 3.05) is 0 Å². The molecule has 0 aliphatic carbocycles. The summed E-state index contributed by atoms with van der Waals surface area (Å²) in [6, 6.07) is 8.29. The number of esters is 1. The van der Waals surface area contributed by atoms with Gasteiger partial charge in [0.1, 0.15) is 0 Å². The number of cyclic esters (lactones) is 1. The fraction of sp³-hybridized carbons (Fsp3) is 0.400. The smallest absolute Gasteiger partial charge is 0.336 e. The first-order valence-corrected chi connectivity index (χ1v) is 6.16. The van der Waals surface area contributed by atoms with Gasteiger partial charge < -0.3 is 9.47 Å². The number of benzene rings is 1. The highest BCUT2D eigenvalue weighted by atomic mass is 16.7. The Labute approximate surface area is 107 Å². The second kappa shape index (κ2) is 5.36. The standard InChI is InChI=1S/C15H18O3/c1-10(2)13-6-4-12(5-7-13)9-17-14-8-11(3)15(16)18-14/h4-8,10,14H,9H2,1-3H3. The van der Waals surface area contributed by atoms with Crippen LogP contribution in [0, 0.1) is 0 Å². The second-order valence-electron chi connectivity index (χ2n) is 4.83. The van der Waals surface area contributed by atoms with Crippen LogP contribution in [0.3, 0.4) is 0 Å². The Balaban J connectivity index is 1.89. The van der Waals surface area contributed by atoms with E-state index in [1.54, 1.807) is 13.0 Å². The molecule has 1 aromatic rings. The van der Waals surface area contributed by atoms with E-state index in [4.69, 9.17) is 9.47 Å². The molecule has 0 radical (unpaired) electrons. The lowest BCUT2D eigenvalue weighted by atomic mass is 10.0. The molecule has 3 heteroatoms. The SMILES string of the molecule is CC1=CC(OCc2ccc(C(C)C)cc2)OC1=O. The molecule has 2 rings (SSSR count). The van der Waals surface area contributed by atoms with Gasteiger partial charge in [-0.2, -0.15) is 0 Å². The van der Waals surface area contributed by atoms with E-state index in [1.165, 1.54) is 5.56 Å². The third-order valence-corrected chi connectivity index (χ3v) is 2.99. The minimum absolute atomic E-state index is 0.296. The van der Waals surface area contributed by atoms with Gasteiger partial charge in [0, 0.05) is 5.57 Å². The van der Waals surface area contributed by atoms with Gasteiger partial charge >= 0.3 is 5.97 Å². The summed E-state index contributed by atoms with van der Waals surface area (Å²) in [6.45, 7) is 6.50. The van der Waals surface area contributed by atoms with Crippen LogP contribution in [0.15, 0.2) is 35.9 Å². The zero-order valence-electron chi connectivity index (χ0n) is 11.0. The van der Waals surface area contributed by atoms with Gasteiger partial charge in [-0.05, 0) is 30.0 Å². The van der Waals surface area contributed by atoms with Crippen molar-refractivity contribution < 1.29 is 14.3 Å². The number of hydrogen-bond donors (Lipinski definition) is 0. The molecule has 1 heterocycles. The largest absolute Gasteiger partial charge is 0.429 e. The highest BCUT2D eigenvalue weighted by Gasteiger charge is 2.22. The fourth-order valence-corrected chi connectivity index (χ4v) is 1.76. The van der Waals surface area contributed by atoms with Gasteiger partial charge in [-0.3, -0.25) is 0 Å². The molecular weight excluding hydrogens is 228 g/mol. The molecule has 1 aromatic carbocycles. The molecule has 1 atom stereocenters. The van der Waals surface area contributed by atoms with Crippen molar-refractivity contribution in [2.24, 2.45) is 0 Å². The maximum absolute atomic E-state index is 11.1. The number of carbonyl (C=O) groups excluding carboxylic acids is 1. The van der Waals surface area contributed by atoms with Gasteiger partial charge in [-0.15, -0.1) is 0 Å². The van der Waals surface area contributed by atoms with E-state index in [-0.39, 0.29) is 5.97 Å². The van der Waals surface area contributed by atoms with Crippen LogP contribution in [0.25, 0.3) is 0 Å². The van der Waals surface area contributed by atoms with Crippen molar-refractivity contribution in [3.8, 4) is 0 Å². The van der Waals surface area contributed by atoms with Crippen molar-refractivity contribution in [3.63, 3.8) is 0 Å². The van der Waals surface area contributed by atoms with E-state index in [2.05, 4.69) is 26.0 Å². The summed E-state index contributed by atoms with van der Waals surface area (Å²) in [7, 11) is 0. The summed E-state index contributed by atoms with van der Waals surface area (Å²) in [4.78, 5) is 11.1. The van der Waals surface area contributed by atoms with Crippen LogP contribution < -0.4 is 0 Å². The predicted octanol–water partition coefficient (Wildman–Crippen LogP) is 3.16. The molecule has 0 bridgehead atoms. The van der Waals surface area contributed by atoms with Crippen LogP contribution in [0.1, 0.15) is 37.8 Å². The van der Waals surface area contributed by atoms with E-state index in [0.29, 0.717) is 18.1 Å². The Bertz CT molecular complexity index is 457. The summed E-state index contributed by atoms with van der Waals surface area (Å²) in [5.41, 5.74) is 2.99. The minimum Gasteiger partial charge on any atom is -0.429 e. The van der Waals surface area contributed by atoms with E-state index in [9.17, 15) is 4.79 Å². The van der Waals surface area contributed by atoms with Gasteiger partial charge in [-0.1, -0.05) is 38.1 Å². The molecule has 0 aromatic heterocycles. The summed E-state index contributed by atoms with van der Waals surface area (Å²) >= 11 is 0. The zero-order valence-corrected chi connectivity index (χ0v) is 11.0. The average Bonchev–Trinajstić information content (AvgIpc) is 2.67. The Morgan fingerprint density at radius 1 is 1.28 bits per heavy atom. The number of hydrogen-bond acceptors (Lipinski definition) is 3. The van der Waals surface area contributed by atoms with Crippen LogP contribution >= 0.6 is 0 Å². The first kappa shape index (κ1) is 12.8. The van der Waals surface area contributed by atoms with E-state index >= 15 is 0 Å². The zero-order chi connectivity index (χ0) is 13.1. The van der Waals surface area contributed by atoms with Crippen molar-refractivity contribution in [2.45, 2.75) is 39.6 Å². The van der Waals surface area contributed by atoms with Crippen LogP contribution in [0.4, 0.5) is 0 Å². The highest BCUT2D eigenvalue weighted by Crippen LogP contribution is 2.18. The molecule has 3 nitrogen and oxygen atoms in total. The number of ether oxygens (including phenoxy) is 2. The summed E-state index contributed by atoms with van der Waals surface area (Å²) in [5.74, 6) is 0.233. The Hall–Kier alpha value is -1.61. The molecule has 96 valence electrons. The highest BCUT2D eigenvalue weighted by molar-refractivity contribution is 5.89. The van der Waals surface area contributed by atoms with Gasteiger partial charge in [-0.25, -0.2) is 4.79 Å². The van der Waals surface area contributed by atoms with E-state index < -0.39 is 6.29 Å². The maximum atomic E-state index is 11.1. The van der Waals surface area contributed by atoms with Crippen LogP contribution in [-0.2, 0) is 20.9 Å². The topological polar surface area (TPSA) is 35.5 Å². The molecule has 1 aliphatic rings. The first-order valence-electron chi connectivity index (χ1n) is 6.16. The van der Waals surface area contributed by atoms with Gasteiger partial charge in [0.2, 0.25) is 6.29 Å². The lowest BCUT2D eigenvalue weighted by Crippen LogP contribution is -2.12. The molecule has 0 amide bonds. The van der Waals surface area contributed by atoms with Crippen molar-refractivity contribution in [1.29, 1.82) is 0 Å². The van der Waals surface area contributed by atoms with Crippen molar-refractivity contribution >= 4 is 5.97 Å². The van der Waals surface area contributed by atoms with Crippen LogP contribution in [-0.4, -0.2) is 12.3 Å². The monoisotopic (exact) mass is 246 g/mol. The average molecular weight is 246 g/mol. The lowest BCUT2D eigenvalue weighted by molar-refractivity contribution is -0.160. The normalized spacial score (nSPS) is 19.0. The number of carbonyl (C=O) groups is 1. The first-order chi connectivity index (χ1) is 8.56. The Kier molecular flexibility index (Phi) is 3.82. The molecule has 0 saturated heterocycles. The third-order valence-electron chi connectivity index (χ3n) is 2.99. The van der Waals surface area contributed by atoms with E-state index in [0.717, 1.165) is 5.56 Å². The second-order valence-corrected chi connectivity index (χ2v) is 4.83. The van der Waals surface area contributed by atoms with Crippen molar-refractivity contribution in [1.82, 2.24) is 0 Å². The molecule has 0 saturated carbocycles. The molecule has 0 N–H and O–H groups in total. The summed E-state index contributed by atoms with van der Waals surface area (Å²) in [5, 5.41) is 0. The minimum atomic E-state index is -0.540.